The summed E-state index contributed by atoms with van der Waals surface area (Å²) in [5.41, 5.74) is 6.83. The van der Waals surface area contributed by atoms with Crippen LogP contribution in [0, 0.1) is 0 Å². The third-order valence-electron chi connectivity index (χ3n) is 1.80. The van der Waals surface area contributed by atoms with E-state index in [4.69, 9.17) is 10.6 Å². The number of nitrogens with two attached hydrogens (primary N) is 1. The van der Waals surface area contributed by atoms with Crippen LogP contribution in [0.1, 0.15) is 21.7 Å². The van der Waals surface area contributed by atoms with Crippen molar-refractivity contribution in [2.45, 2.75) is 6.42 Å². The fraction of sp³-hybridized carbons (Fsp3) is 0.250. The van der Waals surface area contributed by atoms with Crippen LogP contribution in [-0.2, 0) is 4.84 Å². The van der Waals surface area contributed by atoms with Crippen molar-refractivity contribution in [3.8, 4) is 0 Å². The number of amides is 1. The molecule has 2 heterocycles. The average molecular weight is 196 g/mol. The Balaban J connectivity index is 2.39. The van der Waals surface area contributed by atoms with Crippen LogP contribution in [0.4, 0.5) is 0 Å². The van der Waals surface area contributed by atoms with Crippen LogP contribution in [-0.4, -0.2) is 18.2 Å². The van der Waals surface area contributed by atoms with Crippen molar-refractivity contribution in [2.24, 2.45) is 10.9 Å². The Bertz CT molecular complexity index is 370. The van der Waals surface area contributed by atoms with E-state index in [1.54, 1.807) is 0 Å². The predicted octanol–water partition coefficient (Wildman–Crippen LogP) is 0.971. The molecule has 0 saturated carbocycles. The highest BCUT2D eigenvalue weighted by Gasteiger charge is 2.18. The first-order chi connectivity index (χ1) is 6.29. The van der Waals surface area contributed by atoms with E-state index in [2.05, 4.69) is 5.16 Å². The number of carbonyl (C=O) groups excluding carboxylic acids is 1. The Labute approximate surface area is 79.0 Å². The van der Waals surface area contributed by atoms with Gasteiger partial charge in [0.1, 0.15) is 11.5 Å². The van der Waals surface area contributed by atoms with Crippen molar-refractivity contribution in [2.75, 3.05) is 6.61 Å². The fourth-order valence-corrected chi connectivity index (χ4v) is 1.99. The second-order valence-electron chi connectivity index (χ2n) is 2.65. The molecule has 1 aliphatic rings. The molecule has 0 atom stereocenters. The number of thiophene rings is 1. The summed E-state index contributed by atoms with van der Waals surface area (Å²) in [6.45, 7) is 0.587. The largest absolute Gasteiger partial charge is 0.395 e. The molecule has 0 fully saturated rings. The highest BCUT2D eigenvalue weighted by atomic mass is 32.1. The number of hydrogen-bond acceptors (Lipinski definition) is 4. The Hall–Kier alpha value is -1.36. The van der Waals surface area contributed by atoms with E-state index in [-0.39, 0.29) is 0 Å². The molecule has 0 aromatic carbocycles. The van der Waals surface area contributed by atoms with Crippen LogP contribution in [0.5, 0.6) is 0 Å². The SMILES string of the molecule is NC(=O)c1sccc1C1=NOCC1. The van der Waals surface area contributed by atoms with Crippen molar-refractivity contribution in [1.82, 2.24) is 0 Å². The molecule has 0 bridgehead atoms. The number of hydrogen-bond donors (Lipinski definition) is 1. The summed E-state index contributed by atoms with van der Waals surface area (Å²) in [4.78, 5) is 16.4. The molecule has 0 unspecified atom stereocenters. The van der Waals surface area contributed by atoms with Gasteiger partial charge in [0, 0.05) is 12.0 Å². The molecule has 1 amide bonds. The molecule has 13 heavy (non-hydrogen) atoms. The maximum atomic E-state index is 11.0. The molecule has 0 saturated heterocycles. The molecule has 1 aromatic heterocycles. The molecule has 4 nitrogen and oxygen atoms in total. The molecule has 5 heteroatoms. The molecule has 2 rings (SSSR count). The third kappa shape index (κ3) is 1.42. The van der Waals surface area contributed by atoms with E-state index < -0.39 is 5.91 Å². The number of oxime groups is 1. The Kier molecular flexibility index (Phi) is 2.02. The van der Waals surface area contributed by atoms with E-state index in [0.717, 1.165) is 17.7 Å². The number of primary amides is 1. The lowest BCUT2D eigenvalue weighted by Crippen LogP contribution is -2.13. The fourth-order valence-electron chi connectivity index (χ4n) is 1.22. The van der Waals surface area contributed by atoms with Gasteiger partial charge in [-0.2, -0.15) is 0 Å². The summed E-state index contributed by atoms with van der Waals surface area (Å²) in [6.07, 6.45) is 0.747. The summed E-state index contributed by atoms with van der Waals surface area (Å²) in [5.74, 6) is -0.403. The van der Waals surface area contributed by atoms with Gasteiger partial charge in [0.15, 0.2) is 0 Å². The van der Waals surface area contributed by atoms with Gasteiger partial charge in [0.2, 0.25) is 0 Å². The zero-order valence-corrected chi connectivity index (χ0v) is 7.63. The van der Waals surface area contributed by atoms with E-state index in [1.165, 1.54) is 11.3 Å². The molecule has 1 aliphatic heterocycles. The van der Waals surface area contributed by atoms with Gasteiger partial charge in [-0.15, -0.1) is 11.3 Å². The van der Waals surface area contributed by atoms with Gasteiger partial charge in [-0.25, -0.2) is 0 Å². The molecule has 0 radical (unpaired) electrons. The maximum Gasteiger partial charge on any atom is 0.259 e. The minimum Gasteiger partial charge on any atom is -0.395 e. The lowest BCUT2D eigenvalue weighted by Gasteiger charge is -1.96. The van der Waals surface area contributed by atoms with Crippen molar-refractivity contribution >= 4 is 23.0 Å². The molecular formula is C8H8N2O2S. The normalized spacial score (nSPS) is 15.2. The third-order valence-corrected chi connectivity index (χ3v) is 2.73. The van der Waals surface area contributed by atoms with Gasteiger partial charge in [0.05, 0.1) is 5.71 Å². The zero-order valence-electron chi connectivity index (χ0n) is 6.82. The summed E-state index contributed by atoms with van der Waals surface area (Å²) in [5, 5.41) is 5.67. The topological polar surface area (TPSA) is 64.7 Å². The lowest BCUT2D eigenvalue weighted by atomic mass is 10.1. The summed E-state index contributed by atoms with van der Waals surface area (Å²) in [6, 6.07) is 1.85. The molecule has 0 spiro atoms. The molecule has 0 aliphatic carbocycles. The molecule has 68 valence electrons. The first-order valence-electron chi connectivity index (χ1n) is 3.85. The minimum absolute atomic E-state index is 0.403. The predicted molar refractivity (Wildman–Crippen MR) is 49.9 cm³/mol. The highest BCUT2D eigenvalue weighted by Crippen LogP contribution is 2.20. The minimum atomic E-state index is -0.403. The number of rotatable bonds is 2. The second kappa shape index (κ2) is 3.18. The Morgan fingerprint density at radius 3 is 3.15 bits per heavy atom. The van der Waals surface area contributed by atoms with Crippen molar-refractivity contribution < 1.29 is 9.63 Å². The molecular weight excluding hydrogens is 188 g/mol. The smallest absolute Gasteiger partial charge is 0.259 e. The quantitative estimate of drug-likeness (QED) is 0.766. The highest BCUT2D eigenvalue weighted by molar-refractivity contribution is 7.12. The monoisotopic (exact) mass is 196 g/mol. The van der Waals surface area contributed by atoms with Gasteiger partial charge in [0.25, 0.3) is 5.91 Å². The number of carbonyl (C=O) groups is 1. The van der Waals surface area contributed by atoms with Crippen molar-refractivity contribution in [1.29, 1.82) is 0 Å². The first kappa shape index (κ1) is 8.25. The molecule has 1 aromatic rings. The zero-order chi connectivity index (χ0) is 9.26. The van der Waals surface area contributed by atoms with Crippen LogP contribution in [0.15, 0.2) is 16.6 Å². The maximum absolute atomic E-state index is 11.0. The van der Waals surface area contributed by atoms with E-state index in [9.17, 15) is 4.79 Å². The second-order valence-corrected chi connectivity index (χ2v) is 3.56. The average Bonchev–Trinajstić information content (AvgIpc) is 2.74. The van der Waals surface area contributed by atoms with Crippen LogP contribution in [0.25, 0.3) is 0 Å². The van der Waals surface area contributed by atoms with Crippen LogP contribution in [0.3, 0.4) is 0 Å². The van der Waals surface area contributed by atoms with Gasteiger partial charge in [-0.1, -0.05) is 5.16 Å². The Morgan fingerprint density at radius 2 is 2.54 bits per heavy atom. The van der Waals surface area contributed by atoms with Gasteiger partial charge in [-0.05, 0) is 11.4 Å². The van der Waals surface area contributed by atoms with Crippen LogP contribution < -0.4 is 5.73 Å². The van der Waals surface area contributed by atoms with E-state index in [1.807, 2.05) is 11.4 Å². The molecule has 2 N–H and O–H groups in total. The van der Waals surface area contributed by atoms with Crippen molar-refractivity contribution in [3.63, 3.8) is 0 Å². The van der Waals surface area contributed by atoms with Gasteiger partial charge >= 0.3 is 0 Å². The summed E-state index contributed by atoms with van der Waals surface area (Å²) >= 11 is 1.33. The van der Waals surface area contributed by atoms with Crippen molar-refractivity contribution in [3.05, 3.63) is 21.9 Å². The number of nitrogens with zero attached hydrogens (tertiary/aromatic N) is 1. The summed E-state index contributed by atoms with van der Waals surface area (Å²) in [7, 11) is 0. The van der Waals surface area contributed by atoms with Gasteiger partial charge < -0.3 is 10.6 Å². The van der Waals surface area contributed by atoms with Crippen LogP contribution >= 0.6 is 11.3 Å². The standard InChI is InChI=1S/C8H8N2O2S/c9-8(11)7-5(2-4-13-7)6-1-3-12-10-6/h2,4H,1,3H2,(H2,9,11). The van der Waals surface area contributed by atoms with E-state index >= 15 is 0 Å². The first-order valence-corrected chi connectivity index (χ1v) is 4.73. The van der Waals surface area contributed by atoms with Gasteiger partial charge in [-0.3, -0.25) is 4.79 Å². The Morgan fingerprint density at radius 1 is 1.69 bits per heavy atom. The lowest BCUT2D eigenvalue weighted by molar-refractivity contribution is 0.100. The summed E-state index contributed by atoms with van der Waals surface area (Å²) < 4.78 is 0. The van der Waals surface area contributed by atoms with E-state index in [0.29, 0.717) is 11.5 Å². The van der Waals surface area contributed by atoms with Crippen LogP contribution in [0.2, 0.25) is 0 Å².